The molecule has 2 aromatic carbocycles. The molecule has 49 heavy (non-hydrogen) atoms. The highest BCUT2D eigenvalue weighted by molar-refractivity contribution is 6.37. The molecule has 4 fully saturated rings. The largest absolute Gasteiger partial charge is 0.461 e. The lowest BCUT2D eigenvalue weighted by Crippen LogP contribution is -2.58. The Hall–Kier alpha value is -3.62. The fourth-order valence-electron chi connectivity index (χ4n) is 8.89. The maximum Gasteiger partial charge on any atom is 0.417 e. The van der Waals surface area contributed by atoms with Gasteiger partial charge in [-0.15, -0.1) is 0 Å². The minimum absolute atomic E-state index is 0.0314. The van der Waals surface area contributed by atoms with Crippen molar-refractivity contribution in [2.24, 2.45) is 0 Å². The first kappa shape index (κ1) is 32.6. The van der Waals surface area contributed by atoms with E-state index in [-0.39, 0.29) is 70.8 Å². The van der Waals surface area contributed by atoms with E-state index in [2.05, 4.69) is 16.9 Å². The van der Waals surface area contributed by atoms with Crippen molar-refractivity contribution in [2.45, 2.75) is 75.3 Å². The van der Waals surface area contributed by atoms with Gasteiger partial charge in [-0.3, -0.25) is 4.90 Å². The molecule has 4 atom stereocenters. The van der Waals surface area contributed by atoms with Crippen molar-refractivity contribution < 1.29 is 35.5 Å². The van der Waals surface area contributed by atoms with Gasteiger partial charge >= 0.3 is 12.2 Å². The molecule has 260 valence electrons. The molecule has 0 saturated carbocycles. The second kappa shape index (κ2) is 11.2. The number of fused-ring (bicyclic) bond motifs is 6. The summed E-state index contributed by atoms with van der Waals surface area (Å²) in [7, 11) is 0. The zero-order valence-corrected chi connectivity index (χ0v) is 27.1. The maximum atomic E-state index is 17.1. The first-order chi connectivity index (χ1) is 23.2. The van der Waals surface area contributed by atoms with E-state index in [1.807, 2.05) is 9.80 Å². The highest BCUT2D eigenvalue weighted by Gasteiger charge is 2.49. The van der Waals surface area contributed by atoms with Crippen LogP contribution in [-0.4, -0.2) is 64.8 Å². The van der Waals surface area contributed by atoms with E-state index in [9.17, 15) is 26.3 Å². The second-order valence-corrected chi connectivity index (χ2v) is 14.3. The minimum Gasteiger partial charge on any atom is -0.461 e. The number of rotatable bonds is 4. The Kier molecular flexibility index (Phi) is 7.44. The normalized spacial score (nSPS) is 26.4. The van der Waals surface area contributed by atoms with Gasteiger partial charge in [0.1, 0.15) is 23.8 Å². The molecule has 0 unspecified atom stereocenters. The summed E-state index contributed by atoms with van der Waals surface area (Å²) in [6.45, 7) is 6.36. The molecule has 0 aliphatic carbocycles. The second-order valence-electron chi connectivity index (χ2n) is 13.9. The highest BCUT2D eigenvalue weighted by Crippen LogP contribution is 2.52. The minimum atomic E-state index is -5.10. The van der Waals surface area contributed by atoms with E-state index in [1.54, 1.807) is 0 Å². The van der Waals surface area contributed by atoms with E-state index in [1.165, 1.54) is 0 Å². The smallest absolute Gasteiger partial charge is 0.417 e. The fraction of sp³-hybridized carbons (Fsp3) is 0.471. The SMILES string of the molecule is C=C1C[C@H]2[C@@H]3CC[C@H](CN2c2nc(OC[C@@]45CCCN4CC(=C(F)F)C5)nc4c(F)c(-c5cc(N)c(F)c(C)c5C(F)(F)F)c(Cl)c1c24)N3. The summed E-state index contributed by atoms with van der Waals surface area (Å²) in [5, 5.41) is 3.44. The number of hydrogen-bond donors (Lipinski definition) is 2. The van der Waals surface area contributed by atoms with E-state index < -0.39 is 57.4 Å². The zero-order chi connectivity index (χ0) is 34.7. The van der Waals surface area contributed by atoms with E-state index in [0.29, 0.717) is 37.3 Å². The van der Waals surface area contributed by atoms with Crippen LogP contribution in [0.5, 0.6) is 6.01 Å². The van der Waals surface area contributed by atoms with Crippen LogP contribution in [0.1, 0.15) is 55.2 Å². The molecule has 1 aromatic heterocycles. The molecule has 0 amide bonds. The van der Waals surface area contributed by atoms with Crippen molar-refractivity contribution in [3.05, 3.63) is 57.6 Å². The summed E-state index contributed by atoms with van der Waals surface area (Å²) >= 11 is 6.94. The third-order valence-electron chi connectivity index (χ3n) is 11.1. The van der Waals surface area contributed by atoms with Gasteiger partial charge in [0.25, 0.3) is 6.08 Å². The van der Waals surface area contributed by atoms with E-state index in [0.717, 1.165) is 32.3 Å². The Morgan fingerprint density at radius 3 is 2.69 bits per heavy atom. The van der Waals surface area contributed by atoms with Gasteiger partial charge in [-0.05, 0) is 69.2 Å². The third kappa shape index (κ3) is 4.91. The van der Waals surface area contributed by atoms with Crippen molar-refractivity contribution in [1.29, 1.82) is 0 Å². The number of alkyl halides is 3. The van der Waals surface area contributed by atoms with Gasteiger partial charge < -0.3 is 20.7 Å². The van der Waals surface area contributed by atoms with Crippen LogP contribution >= 0.6 is 11.6 Å². The van der Waals surface area contributed by atoms with Crippen molar-refractivity contribution >= 4 is 39.6 Å². The number of halogens is 8. The molecule has 0 spiro atoms. The molecular formula is C34H32ClF7N6O. The topological polar surface area (TPSA) is 79.5 Å². The number of ether oxygens (including phenoxy) is 1. The molecule has 3 aromatic rings. The lowest BCUT2D eigenvalue weighted by molar-refractivity contribution is -0.137. The van der Waals surface area contributed by atoms with Gasteiger partial charge in [-0.2, -0.15) is 31.9 Å². The van der Waals surface area contributed by atoms with Crippen molar-refractivity contribution in [1.82, 2.24) is 20.2 Å². The molecule has 0 radical (unpaired) electrons. The van der Waals surface area contributed by atoms with Crippen LogP contribution in [0.25, 0.3) is 27.6 Å². The summed E-state index contributed by atoms with van der Waals surface area (Å²) in [6.07, 6.45) is -3.22. The number of nitrogens with one attached hydrogen (secondary N) is 1. The van der Waals surface area contributed by atoms with E-state index >= 15 is 4.39 Å². The van der Waals surface area contributed by atoms with Gasteiger partial charge in [0, 0.05) is 53.5 Å². The molecule has 3 N–H and O–H groups in total. The molecule has 7 nitrogen and oxygen atoms in total. The van der Waals surface area contributed by atoms with Crippen molar-refractivity contribution in [2.75, 3.05) is 36.9 Å². The van der Waals surface area contributed by atoms with Crippen LogP contribution < -0.4 is 20.7 Å². The Balaban J connectivity index is 1.35. The van der Waals surface area contributed by atoms with Gasteiger partial charge in [0.15, 0.2) is 5.82 Å². The molecule has 4 saturated heterocycles. The molecule has 6 heterocycles. The molecule has 5 aliphatic heterocycles. The number of hydrogen-bond acceptors (Lipinski definition) is 7. The van der Waals surface area contributed by atoms with Crippen LogP contribution in [0.2, 0.25) is 5.02 Å². The lowest BCUT2D eigenvalue weighted by atomic mass is 9.88. The van der Waals surface area contributed by atoms with Gasteiger partial charge in [0.05, 0.1) is 27.2 Å². The first-order valence-electron chi connectivity index (χ1n) is 16.2. The molecular weight excluding hydrogens is 677 g/mol. The van der Waals surface area contributed by atoms with Crippen molar-refractivity contribution in [3.63, 3.8) is 0 Å². The lowest BCUT2D eigenvalue weighted by Gasteiger charge is -2.41. The summed E-state index contributed by atoms with van der Waals surface area (Å²) < 4.78 is 109. The quantitative estimate of drug-likeness (QED) is 0.213. The van der Waals surface area contributed by atoms with Gasteiger partial charge in [0.2, 0.25) is 0 Å². The van der Waals surface area contributed by atoms with Crippen LogP contribution in [0.15, 0.2) is 24.3 Å². The predicted octanol–water partition coefficient (Wildman–Crippen LogP) is 7.63. The molecule has 2 bridgehead atoms. The van der Waals surface area contributed by atoms with Crippen LogP contribution in [0.3, 0.4) is 0 Å². The highest BCUT2D eigenvalue weighted by atomic mass is 35.5. The number of aromatic nitrogens is 2. The van der Waals surface area contributed by atoms with E-state index in [4.69, 9.17) is 27.1 Å². The summed E-state index contributed by atoms with van der Waals surface area (Å²) in [5.74, 6) is -2.16. The van der Waals surface area contributed by atoms with Crippen molar-refractivity contribution in [3.8, 4) is 17.1 Å². The number of nitrogens with zero attached hydrogens (tertiary/aromatic N) is 4. The predicted molar refractivity (Wildman–Crippen MR) is 172 cm³/mol. The first-order valence-corrected chi connectivity index (χ1v) is 16.6. The number of nitrogen functional groups attached to an aromatic ring is 1. The Bertz CT molecular complexity index is 1980. The number of piperazine rings is 1. The fourth-order valence-corrected chi connectivity index (χ4v) is 9.31. The average Bonchev–Trinajstić information content (AvgIpc) is 3.70. The zero-order valence-electron chi connectivity index (χ0n) is 26.4. The number of nitrogens with two attached hydrogens (primary N) is 1. The molecule has 15 heteroatoms. The molecule has 8 rings (SSSR count). The summed E-state index contributed by atoms with van der Waals surface area (Å²) in [5.41, 5.74) is 1.21. The average molecular weight is 709 g/mol. The Labute approximate surface area is 281 Å². The number of benzene rings is 2. The standard InChI is InChI=1S/C34H32ClF7N6O/c1-14-8-21-20-5-4-17(44-20)12-48(21)31-24-22(14)26(35)23(18-9-19(43)27(36)15(2)25(18)34(40,41)42)28(37)29(24)45-32(46-31)49-13-33-6-3-7-47(33)11-16(10-33)30(38)39/h9,17,20-21,44H,1,3-8,10-13,43H2,2H3/t17-,20+,21+,33+/m1/s1. The van der Waals surface area contributed by atoms with Gasteiger partial charge in [-0.25, -0.2) is 8.78 Å². The van der Waals surface area contributed by atoms with Gasteiger partial charge in [-0.1, -0.05) is 18.2 Å². The maximum absolute atomic E-state index is 17.1. The monoisotopic (exact) mass is 708 g/mol. The summed E-state index contributed by atoms with van der Waals surface area (Å²) in [4.78, 5) is 13.2. The Morgan fingerprint density at radius 1 is 1.18 bits per heavy atom. The van der Waals surface area contributed by atoms with Crippen LogP contribution in [0.4, 0.5) is 42.2 Å². The molecule has 5 aliphatic rings. The third-order valence-corrected chi connectivity index (χ3v) is 11.5. The van der Waals surface area contributed by atoms with Crippen LogP contribution in [0, 0.1) is 18.6 Å². The Morgan fingerprint density at radius 2 is 1.96 bits per heavy atom. The summed E-state index contributed by atoms with van der Waals surface area (Å²) in [6, 6.07) is 0.449. The number of anilines is 2. The van der Waals surface area contributed by atoms with Crippen LogP contribution in [-0.2, 0) is 6.18 Å².